The van der Waals surface area contributed by atoms with E-state index < -0.39 is 18.2 Å². The molecule has 0 unspecified atom stereocenters. The predicted molar refractivity (Wildman–Crippen MR) is 108 cm³/mol. The summed E-state index contributed by atoms with van der Waals surface area (Å²) < 4.78 is 0. The fourth-order valence-corrected chi connectivity index (χ4v) is 1.90. The molecular formula is C22H32O4. The summed E-state index contributed by atoms with van der Waals surface area (Å²) in [4.78, 5) is 10.3. The van der Waals surface area contributed by atoms with Crippen molar-refractivity contribution in [1.82, 2.24) is 0 Å². The molecule has 0 aliphatic heterocycles. The molecule has 26 heavy (non-hydrogen) atoms. The van der Waals surface area contributed by atoms with Crippen molar-refractivity contribution >= 4 is 5.97 Å². The van der Waals surface area contributed by atoms with E-state index in [0.717, 1.165) is 12.8 Å². The Hall–Kier alpha value is -2.17. The first kappa shape index (κ1) is 23.8. The zero-order valence-electron chi connectivity index (χ0n) is 15.6. The van der Waals surface area contributed by atoms with E-state index in [2.05, 4.69) is 6.92 Å². The molecule has 0 heterocycles. The minimum absolute atomic E-state index is 0.157. The summed E-state index contributed by atoms with van der Waals surface area (Å²) >= 11 is 0. The molecule has 0 fully saturated rings. The molecule has 0 aromatic rings. The van der Waals surface area contributed by atoms with Crippen molar-refractivity contribution in [2.75, 3.05) is 0 Å². The number of aliphatic hydroxyl groups excluding tert-OH is 2. The first-order chi connectivity index (χ1) is 12.6. The van der Waals surface area contributed by atoms with Gasteiger partial charge in [-0.15, -0.1) is 0 Å². The van der Waals surface area contributed by atoms with Gasteiger partial charge in [-0.05, 0) is 32.1 Å². The number of allylic oxidation sites excluding steroid dienone is 8. The van der Waals surface area contributed by atoms with Crippen LogP contribution in [0.1, 0.15) is 45.4 Å². The fraction of sp³-hybridized carbons (Fsp3) is 0.409. The normalized spacial score (nSPS) is 15.5. The number of aliphatic hydroxyl groups is 2. The second kappa shape index (κ2) is 17.6. The van der Waals surface area contributed by atoms with Crippen LogP contribution in [0.5, 0.6) is 0 Å². The molecule has 4 heteroatoms. The highest BCUT2D eigenvalue weighted by atomic mass is 16.4. The molecule has 0 aliphatic rings. The predicted octanol–water partition coefficient (Wildman–Crippen LogP) is 4.49. The summed E-state index contributed by atoms with van der Waals surface area (Å²) in [6, 6.07) is 0. The van der Waals surface area contributed by atoms with Gasteiger partial charge < -0.3 is 15.3 Å². The van der Waals surface area contributed by atoms with E-state index in [1.807, 2.05) is 48.6 Å². The van der Waals surface area contributed by atoms with Gasteiger partial charge >= 0.3 is 5.97 Å². The van der Waals surface area contributed by atoms with Gasteiger partial charge in [0.1, 0.15) is 0 Å². The van der Waals surface area contributed by atoms with E-state index in [1.165, 1.54) is 0 Å². The van der Waals surface area contributed by atoms with Crippen molar-refractivity contribution < 1.29 is 20.1 Å². The van der Waals surface area contributed by atoms with Gasteiger partial charge in [0.15, 0.2) is 0 Å². The average Bonchev–Trinajstić information content (AvgIpc) is 2.60. The van der Waals surface area contributed by atoms with E-state index >= 15 is 0 Å². The number of carboxylic acids is 1. The average molecular weight is 360 g/mol. The molecule has 0 aromatic carbocycles. The van der Waals surface area contributed by atoms with Crippen LogP contribution in [0.15, 0.2) is 72.9 Å². The van der Waals surface area contributed by atoms with Crippen LogP contribution in [-0.4, -0.2) is 33.5 Å². The molecule has 0 saturated heterocycles. The van der Waals surface area contributed by atoms with Gasteiger partial charge in [-0.1, -0.05) is 79.8 Å². The lowest BCUT2D eigenvalue weighted by Crippen LogP contribution is -1.99. The largest absolute Gasteiger partial charge is 0.481 e. The van der Waals surface area contributed by atoms with Gasteiger partial charge in [-0.25, -0.2) is 0 Å². The number of hydrogen-bond donors (Lipinski definition) is 3. The molecule has 0 rings (SSSR count). The standard InChI is InChI=1S/C22H32O4/c1-2-3-10-15-20(23)17-12-9-13-18-21(24)16-11-7-5-4-6-8-14-19-22(25)26/h3,5-13,16-17,20-21,23-24H,2,4,14-15,18-19H2,1H3,(H,25,26)/b7-5-,8-6-,10-3-,13-9-,16-11+,17-12+/t20-,21+/m0/s1. The maximum atomic E-state index is 10.3. The maximum absolute atomic E-state index is 10.3. The Kier molecular flexibility index (Phi) is 16.2. The first-order valence-electron chi connectivity index (χ1n) is 9.10. The SMILES string of the molecule is CC/C=C\C[C@H](O)/C=C/C=C\C[C@H](O)/C=C/C=C\C/C=C\CCC(=O)O. The highest BCUT2D eigenvalue weighted by Crippen LogP contribution is 2.00. The van der Waals surface area contributed by atoms with E-state index in [-0.39, 0.29) is 6.42 Å². The molecule has 144 valence electrons. The van der Waals surface area contributed by atoms with Gasteiger partial charge in [0.2, 0.25) is 0 Å². The number of hydrogen-bond acceptors (Lipinski definition) is 3. The highest BCUT2D eigenvalue weighted by Gasteiger charge is 1.94. The lowest BCUT2D eigenvalue weighted by Gasteiger charge is -2.00. The van der Waals surface area contributed by atoms with Crippen LogP contribution in [0, 0.1) is 0 Å². The molecule has 0 saturated carbocycles. The van der Waals surface area contributed by atoms with Crippen LogP contribution in [-0.2, 0) is 4.79 Å². The number of rotatable bonds is 14. The van der Waals surface area contributed by atoms with Crippen LogP contribution in [0.3, 0.4) is 0 Å². The third-order valence-corrected chi connectivity index (χ3v) is 3.28. The molecule has 0 radical (unpaired) electrons. The second-order valence-corrected chi connectivity index (χ2v) is 5.75. The Bertz CT molecular complexity index is 524. The minimum atomic E-state index is -0.785. The van der Waals surface area contributed by atoms with Crippen LogP contribution >= 0.6 is 0 Å². The van der Waals surface area contributed by atoms with Crippen molar-refractivity contribution in [2.45, 2.75) is 57.7 Å². The topological polar surface area (TPSA) is 77.8 Å². The van der Waals surface area contributed by atoms with Gasteiger partial charge in [0, 0.05) is 6.42 Å². The molecular weight excluding hydrogens is 328 g/mol. The molecule has 0 aliphatic carbocycles. The summed E-state index contributed by atoms with van der Waals surface area (Å²) in [5, 5.41) is 28.0. The van der Waals surface area contributed by atoms with E-state index in [1.54, 1.807) is 24.3 Å². The lowest BCUT2D eigenvalue weighted by atomic mass is 10.2. The number of carbonyl (C=O) groups is 1. The van der Waals surface area contributed by atoms with E-state index in [4.69, 9.17) is 5.11 Å². The summed E-state index contributed by atoms with van der Waals surface area (Å²) in [6.07, 6.45) is 24.8. The second-order valence-electron chi connectivity index (χ2n) is 5.75. The zero-order chi connectivity index (χ0) is 19.5. The molecule has 0 amide bonds. The van der Waals surface area contributed by atoms with Crippen molar-refractivity contribution in [3.63, 3.8) is 0 Å². The lowest BCUT2D eigenvalue weighted by molar-refractivity contribution is -0.136. The molecule has 0 spiro atoms. The quantitative estimate of drug-likeness (QED) is 0.315. The van der Waals surface area contributed by atoms with Crippen LogP contribution < -0.4 is 0 Å². The van der Waals surface area contributed by atoms with Gasteiger partial charge in [0.05, 0.1) is 12.2 Å². The third kappa shape index (κ3) is 18.2. The summed E-state index contributed by atoms with van der Waals surface area (Å²) in [5.74, 6) is -0.785. The Morgan fingerprint density at radius 1 is 0.808 bits per heavy atom. The van der Waals surface area contributed by atoms with Crippen LogP contribution in [0.2, 0.25) is 0 Å². The van der Waals surface area contributed by atoms with Gasteiger partial charge in [-0.3, -0.25) is 4.79 Å². The summed E-state index contributed by atoms with van der Waals surface area (Å²) in [6.45, 7) is 2.05. The molecule has 0 aromatic heterocycles. The third-order valence-electron chi connectivity index (χ3n) is 3.28. The maximum Gasteiger partial charge on any atom is 0.303 e. The van der Waals surface area contributed by atoms with Crippen molar-refractivity contribution in [2.24, 2.45) is 0 Å². The Balaban J connectivity index is 3.87. The zero-order valence-corrected chi connectivity index (χ0v) is 15.6. The summed E-state index contributed by atoms with van der Waals surface area (Å²) in [5.41, 5.74) is 0. The molecule has 4 nitrogen and oxygen atoms in total. The number of aliphatic carboxylic acids is 1. The molecule has 2 atom stereocenters. The van der Waals surface area contributed by atoms with E-state index in [9.17, 15) is 15.0 Å². The smallest absolute Gasteiger partial charge is 0.303 e. The Labute approximate surface area is 157 Å². The first-order valence-corrected chi connectivity index (χ1v) is 9.10. The Morgan fingerprint density at radius 3 is 2.04 bits per heavy atom. The van der Waals surface area contributed by atoms with Gasteiger partial charge in [0.25, 0.3) is 0 Å². The van der Waals surface area contributed by atoms with Crippen LogP contribution in [0.25, 0.3) is 0 Å². The van der Waals surface area contributed by atoms with Crippen LogP contribution in [0.4, 0.5) is 0 Å². The van der Waals surface area contributed by atoms with Crippen molar-refractivity contribution in [1.29, 1.82) is 0 Å². The summed E-state index contributed by atoms with van der Waals surface area (Å²) in [7, 11) is 0. The number of carboxylic acid groups (broad SMARTS) is 1. The Morgan fingerprint density at radius 2 is 1.42 bits per heavy atom. The van der Waals surface area contributed by atoms with E-state index in [0.29, 0.717) is 19.3 Å². The highest BCUT2D eigenvalue weighted by molar-refractivity contribution is 5.66. The molecule has 3 N–H and O–H groups in total. The minimum Gasteiger partial charge on any atom is -0.481 e. The fourth-order valence-electron chi connectivity index (χ4n) is 1.90. The van der Waals surface area contributed by atoms with Gasteiger partial charge in [-0.2, -0.15) is 0 Å². The monoisotopic (exact) mass is 360 g/mol. The van der Waals surface area contributed by atoms with Crippen molar-refractivity contribution in [3.05, 3.63) is 72.9 Å². The van der Waals surface area contributed by atoms with Crippen molar-refractivity contribution in [3.8, 4) is 0 Å². The molecule has 0 bridgehead atoms.